The lowest BCUT2D eigenvalue weighted by Crippen LogP contribution is -2.41. The second-order valence-corrected chi connectivity index (χ2v) is 2.90. The molecule has 0 N–H and O–H groups in total. The normalized spacial score (nSPS) is 31.6. The molecule has 1 aliphatic rings. The Morgan fingerprint density at radius 2 is 2.45 bits per heavy atom. The Bertz CT molecular complexity index is 137. The van der Waals surface area contributed by atoms with Crippen molar-refractivity contribution in [3.05, 3.63) is 0 Å². The zero-order valence-corrected chi connectivity index (χ0v) is 7.05. The maximum atomic E-state index is 10.7. The lowest BCUT2D eigenvalue weighted by molar-refractivity contribution is -0.166. The fraction of sp³-hybridized carbons (Fsp3) is 0.875. The molecule has 3 nitrogen and oxygen atoms in total. The molecule has 0 bridgehead atoms. The molecule has 11 heavy (non-hydrogen) atoms. The molecule has 0 aliphatic carbocycles. The quantitative estimate of drug-likeness (QED) is 0.565. The maximum absolute atomic E-state index is 10.7. The van der Waals surface area contributed by atoms with Crippen molar-refractivity contribution in [2.24, 2.45) is 0 Å². The van der Waals surface area contributed by atoms with Crippen LogP contribution in [0, 0.1) is 0 Å². The summed E-state index contributed by atoms with van der Waals surface area (Å²) < 4.78 is 10.2. The molecule has 1 aliphatic heterocycles. The number of esters is 1. The van der Waals surface area contributed by atoms with E-state index in [4.69, 9.17) is 9.47 Å². The van der Waals surface area contributed by atoms with Crippen molar-refractivity contribution in [1.82, 2.24) is 0 Å². The minimum Gasteiger partial charge on any atom is -0.463 e. The van der Waals surface area contributed by atoms with Gasteiger partial charge in [-0.25, -0.2) is 0 Å². The monoisotopic (exact) mass is 158 g/mol. The summed E-state index contributed by atoms with van der Waals surface area (Å²) in [7, 11) is 1.67. The first-order chi connectivity index (χ1) is 5.22. The number of carbonyl (C=O) groups excluding carboxylic acids is 1. The van der Waals surface area contributed by atoms with Crippen LogP contribution in [0.25, 0.3) is 0 Å². The van der Waals surface area contributed by atoms with E-state index in [1.165, 1.54) is 0 Å². The van der Waals surface area contributed by atoms with E-state index in [9.17, 15) is 4.79 Å². The van der Waals surface area contributed by atoms with Crippen molar-refractivity contribution in [2.75, 3.05) is 13.7 Å². The number of hydrogen-bond donors (Lipinski definition) is 0. The molecular formula is C8H14O3. The Balaban J connectivity index is 2.52. The van der Waals surface area contributed by atoms with E-state index in [0.29, 0.717) is 13.0 Å². The number of ether oxygens (including phenoxy) is 2. The molecule has 64 valence electrons. The molecule has 3 heteroatoms. The van der Waals surface area contributed by atoms with E-state index in [1.54, 1.807) is 7.11 Å². The number of cyclic esters (lactones) is 1. The lowest BCUT2D eigenvalue weighted by Gasteiger charge is -2.33. The highest BCUT2D eigenvalue weighted by Gasteiger charge is 2.34. The van der Waals surface area contributed by atoms with Gasteiger partial charge >= 0.3 is 5.97 Å². The highest BCUT2D eigenvalue weighted by molar-refractivity contribution is 5.70. The van der Waals surface area contributed by atoms with Crippen LogP contribution in [0.5, 0.6) is 0 Å². The van der Waals surface area contributed by atoms with E-state index in [-0.39, 0.29) is 11.6 Å². The summed E-state index contributed by atoms with van der Waals surface area (Å²) in [4.78, 5) is 10.7. The SMILES string of the molecule is CCC1(OC)CCC(=O)OC1. The molecule has 0 spiro atoms. The van der Waals surface area contributed by atoms with Gasteiger partial charge in [-0.3, -0.25) is 4.79 Å². The van der Waals surface area contributed by atoms with Gasteiger partial charge in [-0.15, -0.1) is 0 Å². The van der Waals surface area contributed by atoms with E-state index in [1.807, 2.05) is 6.92 Å². The van der Waals surface area contributed by atoms with Gasteiger partial charge in [0.1, 0.15) is 12.2 Å². The molecule has 0 saturated carbocycles. The molecule has 0 amide bonds. The van der Waals surface area contributed by atoms with Crippen LogP contribution in [0.3, 0.4) is 0 Å². The summed E-state index contributed by atoms with van der Waals surface area (Å²) >= 11 is 0. The maximum Gasteiger partial charge on any atom is 0.305 e. The number of methoxy groups -OCH3 is 1. The van der Waals surface area contributed by atoms with Gasteiger partial charge in [-0.1, -0.05) is 6.92 Å². The van der Waals surface area contributed by atoms with Crippen LogP contribution in [0.4, 0.5) is 0 Å². The van der Waals surface area contributed by atoms with Gasteiger partial charge in [0.05, 0.1) is 0 Å². The Kier molecular flexibility index (Phi) is 2.49. The van der Waals surface area contributed by atoms with Crippen LogP contribution in [-0.2, 0) is 14.3 Å². The number of hydrogen-bond acceptors (Lipinski definition) is 3. The van der Waals surface area contributed by atoms with Crippen LogP contribution < -0.4 is 0 Å². The molecule has 0 aromatic heterocycles. The minimum atomic E-state index is -0.200. The standard InChI is InChI=1S/C8H14O3/c1-3-8(10-2)5-4-7(9)11-6-8/h3-6H2,1-2H3. The minimum absolute atomic E-state index is 0.105. The van der Waals surface area contributed by atoms with Crippen molar-refractivity contribution in [2.45, 2.75) is 31.8 Å². The second kappa shape index (κ2) is 3.22. The Labute approximate surface area is 66.7 Å². The van der Waals surface area contributed by atoms with Crippen LogP contribution in [-0.4, -0.2) is 25.3 Å². The molecule has 1 saturated heterocycles. The first-order valence-corrected chi connectivity index (χ1v) is 3.93. The van der Waals surface area contributed by atoms with E-state index < -0.39 is 0 Å². The highest BCUT2D eigenvalue weighted by Crippen LogP contribution is 2.26. The topological polar surface area (TPSA) is 35.5 Å². The van der Waals surface area contributed by atoms with Gasteiger partial charge in [0.15, 0.2) is 0 Å². The fourth-order valence-corrected chi connectivity index (χ4v) is 1.27. The second-order valence-electron chi connectivity index (χ2n) is 2.90. The molecule has 0 aromatic rings. The van der Waals surface area contributed by atoms with Gasteiger partial charge in [0.25, 0.3) is 0 Å². The van der Waals surface area contributed by atoms with Crippen molar-refractivity contribution in [1.29, 1.82) is 0 Å². The molecule has 0 radical (unpaired) electrons. The van der Waals surface area contributed by atoms with Crippen molar-refractivity contribution < 1.29 is 14.3 Å². The van der Waals surface area contributed by atoms with Crippen LogP contribution >= 0.6 is 0 Å². The molecule has 1 unspecified atom stereocenters. The third-order valence-electron chi connectivity index (χ3n) is 2.36. The van der Waals surface area contributed by atoms with E-state index >= 15 is 0 Å². The van der Waals surface area contributed by atoms with Crippen LogP contribution in [0.15, 0.2) is 0 Å². The largest absolute Gasteiger partial charge is 0.463 e. The Morgan fingerprint density at radius 3 is 2.82 bits per heavy atom. The molecule has 1 fully saturated rings. The summed E-state index contributed by atoms with van der Waals surface area (Å²) in [5.41, 5.74) is -0.200. The van der Waals surface area contributed by atoms with Gasteiger partial charge < -0.3 is 9.47 Å². The van der Waals surface area contributed by atoms with Crippen molar-refractivity contribution in [3.63, 3.8) is 0 Å². The fourth-order valence-electron chi connectivity index (χ4n) is 1.27. The van der Waals surface area contributed by atoms with Crippen molar-refractivity contribution >= 4 is 5.97 Å². The Morgan fingerprint density at radius 1 is 1.73 bits per heavy atom. The first kappa shape index (κ1) is 8.53. The lowest BCUT2D eigenvalue weighted by atomic mass is 9.93. The molecule has 0 aromatic carbocycles. The molecule has 1 atom stereocenters. The summed E-state index contributed by atoms with van der Waals surface area (Å²) in [6.45, 7) is 2.46. The van der Waals surface area contributed by atoms with Crippen molar-refractivity contribution in [3.8, 4) is 0 Å². The molecular weight excluding hydrogens is 144 g/mol. The molecule has 1 heterocycles. The van der Waals surface area contributed by atoms with Crippen LogP contribution in [0.1, 0.15) is 26.2 Å². The van der Waals surface area contributed by atoms with Crippen LogP contribution in [0.2, 0.25) is 0 Å². The zero-order chi connectivity index (χ0) is 8.32. The van der Waals surface area contributed by atoms with Gasteiger partial charge in [-0.2, -0.15) is 0 Å². The summed E-state index contributed by atoms with van der Waals surface area (Å²) in [5, 5.41) is 0. The van der Waals surface area contributed by atoms with E-state index in [2.05, 4.69) is 0 Å². The average Bonchev–Trinajstić information content (AvgIpc) is 2.07. The van der Waals surface area contributed by atoms with Gasteiger partial charge in [0.2, 0.25) is 0 Å². The Hall–Kier alpha value is -0.570. The number of rotatable bonds is 2. The first-order valence-electron chi connectivity index (χ1n) is 3.93. The number of carbonyl (C=O) groups is 1. The van der Waals surface area contributed by atoms with E-state index in [0.717, 1.165) is 12.8 Å². The smallest absolute Gasteiger partial charge is 0.305 e. The van der Waals surface area contributed by atoms with Gasteiger partial charge in [-0.05, 0) is 12.8 Å². The highest BCUT2D eigenvalue weighted by atomic mass is 16.6. The third kappa shape index (κ3) is 1.71. The van der Waals surface area contributed by atoms with Gasteiger partial charge in [0, 0.05) is 13.5 Å². The predicted molar refractivity (Wildman–Crippen MR) is 40.2 cm³/mol. The summed E-state index contributed by atoms with van der Waals surface area (Å²) in [6.07, 6.45) is 2.18. The zero-order valence-electron chi connectivity index (χ0n) is 7.05. The molecule has 1 rings (SSSR count). The summed E-state index contributed by atoms with van der Waals surface area (Å²) in [5.74, 6) is -0.105. The predicted octanol–water partition coefficient (Wildman–Crippen LogP) is 1.12. The average molecular weight is 158 g/mol. The summed E-state index contributed by atoms with van der Waals surface area (Å²) in [6, 6.07) is 0. The third-order valence-corrected chi connectivity index (χ3v) is 2.36.